The van der Waals surface area contributed by atoms with Gasteiger partial charge >= 0.3 is 0 Å². The van der Waals surface area contributed by atoms with E-state index in [0.717, 1.165) is 0 Å². The minimum atomic E-state index is 1.33. The highest BCUT2D eigenvalue weighted by Crippen LogP contribution is 2.34. The van der Waals surface area contributed by atoms with E-state index in [9.17, 15) is 0 Å². The Morgan fingerprint density at radius 3 is 0.667 bits per heavy atom. The molecular formula is C46H60B30N2. The van der Waals surface area contributed by atoms with Crippen LogP contribution in [0.3, 0.4) is 0 Å². The van der Waals surface area contributed by atoms with E-state index in [4.69, 9.17) is 0 Å². The summed E-state index contributed by atoms with van der Waals surface area (Å²) in [6.45, 7) is 0. The lowest BCUT2D eigenvalue weighted by atomic mass is 9.56. The average Bonchev–Trinajstić information content (AvgIpc) is 3.36. The normalized spacial score (nSPS) is 11.8. The molecule has 8 aromatic carbocycles. The zero-order chi connectivity index (χ0) is 57.7. The van der Waals surface area contributed by atoms with Gasteiger partial charge in [0.05, 0.1) is 5.52 Å². The fourth-order valence-electron chi connectivity index (χ4n) is 15.7. The zero-order valence-corrected chi connectivity index (χ0v) is 53.9. The monoisotopic (exact) mass is 971 g/mol. The van der Waals surface area contributed by atoms with Gasteiger partial charge in [-0.05, 0) is 38.4 Å². The number of aromatic nitrogens is 2. The van der Waals surface area contributed by atoms with E-state index in [1.807, 2.05) is 0 Å². The molecule has 78 heavy (non-hydrogen) atoms. The van der Waals surface area contributed by atoms with Crippen LogP contribution in [0.2, 0.25) is 0 Å². The Morgan fingerprint density at radius 1 is 0.128 bits per heavy atom. The molecule has 0 N–H and O–H groups in total. The molecule has 0 bridgehead atoms. The smallest absolute Gasteiger partial charge is 0.141 e. The molecule has 2 heterocycles. The molecule has 0 aliphatic rings. The van der Waals surface area contributed by atoms with E-state index in [0.29, 0.717) is 0 Å². The minimum absolute atomic E-state index is 1.33. The largest absolute Gasteiger partial charge is 0.312 e. The lowest BCUT2D eigenvalue weighted by Gasteiger charge is -2.29. The second-order valence-corrected chi connectivity index (χ2v) is 25.3. The van der Waals surface area contributed by atoms with Gasteiger partial charge in [-0.2, -0.15) is 0 Å². The maximum absolute atomic E-state index is 2.80. The SMILES string of the molecule is Bc1c(B)c(B)c(-c2c(B)c(B)c(-n3c4c(B)c(B)c(-c5c(B)c(B)c6c(c5B)c5c(B)c(B)c(B)c(B)c5n6-c5c(B)c(B)c(B)c(B)c5B)c(B)c4c4c(B)c(B)c5c(B)c(B)c(B)c(B)c5c43)c(B)c2B)c(B)c1B. The van der Waals surface area contributed by atoms with Gasteiger partial charge in [0.25, 0.3) is 0 Å². The molecule has 10 rings (SSSR count). The second kappa shape index (κ2) is 19.1. The lowest BCUT2D eigenvalue weighted by Crippen LogP contribution is -2.57. The molecule has 0 unspecified atom stereocenters. The summed E-state index contributed by atoms with van der Waals surface area (Å²) >= 11 is 0. The highest BCUT2D eigenvalue weighted by Gasteiger charge is 2.32. The van der Waals surface area contributed by atoms with Gasteiger partial charge in [-0.25, -0.2) is 0 Å². The average molecular weight is 965 g/mol. The Balaban J connectivity index is 1.45. The van der Waals surface area contributed by atoms with E-state index >= 15 is 0 Å². The predicted octanol–water partition coefficient (Wildman–Crippen LogP) is -39.9. The molecule has 0 aliphatic heterocycles. The Hall–Kier alpha value is -4.43. The fourth-order valence-corrected chi connectivity index (χ4v) is 15.7. The topological polar surface area (TPSA) is 9.86 Å². The van der Waals surface area contributed by atoms with Crippen molar-refractivity contribution in [2.75, 3.05) is 0 Å². The Labute approximate surface area is 492 Å². The first-order valence-corrected chi connectivity index (χ1v) is 29.1. The first kappa shape index (κ1) is 56.8. The molecular weight excluding hydrogens is 905 g/mol. The van der Waals surface area contributed by atoms with Gasteiger partial charge in [-0.15, -0.1) is 38.2 Å². The van der Waals surface area contributed by atoms with Crippen molar-refractivity contribution in [3.05, 3.63) is 0 Å². The highest BCUT2D eigenvalue weighted by molar-refractivity contribution is 6.77. The molecule has 0 spiro atoms. The molecule has 2 aromatic heterocycles. The van der Waals surface area contributed by atoms with E-state index in [1.165, 1.54) is 252 Å². The van der Waals surface area contributed by atoms with Crippen LogP contribution < -0.4 is 164 Å². The molecule has 0 radical (unpaired) electrons. The van der Waals surface area contributed by atoms with Crippen LogP contribution in [-0.2, 0) is 0 Å². The third-order valence-corrected chi connectivity index (χ3v) is 22.6. The van der Waals surface area contributed by atoms with E-state index in [2.05, 4.69) is 245 Å². The van der Waals surface area contributed by atoms with E-state index < -0.39 is 0 Å². The van der Waals surface area contributed by atoms with Crippen molar-refractivity contribution < 1.29 is 0 Å². The Morgan fingerprint density at radius 2 is 0.295 bits per heavy atom. The van der Waals surface area contributed by atoms with Crippen molar-refractivity contribution in [3.8, 4) is 33.6 Å². The molecule has 344 valence electrons. The maximum atomic E-state index is 2.80. The van der Waals surface area contributed by atoms with Crippen LogP contribution in [0.1, 0.15) is 0 Å². The Bertz CT molecular complexity index is 4470. The number of nitrogens with zero attached hydrogens (tertiary/aromatic N) is 2. The quantitative estimate of drug-likeness (QED) is 0.156. The van der Waals surface area contributed by atoms with Crippen molar-refractivity contribution in [1.29, 1.82) is 0 Å². The molecule has 32 heteroatoms. The van der Waals surface area contributed by atoms with Crippen LogP contribution in [0, 0.1) is 0 Å². The molecule has 2 nitrogen and oxygen atoms in total. The summed E-state index contributed by atoms with van der Waals surface area (Å²) in [4.78, 5) is 0. The van der Waals surface area contributed by atoms with Gasteiger partial charge in [0.2, 0.25) is 0 Å². The molecule has 0 fully saturated rings. The first-order chi connectivity index (χ1) is 36.3. The number of fused-ring (bicyclic) bond motifs is 8. The van der Waals surface area contributed by atoms with Crippen LogP contribution in [0.25, 0.3) is 88.0 Å². The number of rotatable bonds is 4. The third-order valence-electron chi connectivity index (χ3n) is 22.6. The number of hydrogen-bond acceptors (Lipinski definition) is 0. The van der Waals surface area contributed by atoms with Crippen molar-refractivity contribution in [2.45, 2.75) is 0 Å². The number of benzene rings is 8. The van der Waals surface area contributed by atoms with Gasteiger partial charge in [-0.3, -0.25) is 0 Å². The van der Waals surface area contributed by atoms with E-state index in [-0.39, 0.29) is 0 Å². The predicted molar refractivity (Wildman–Crippen MR) is 449 cm³/mol. The molecule has 0 saturated heterocycles. The summed E-state index contributed by atoms with van der Waals surface area (Å²) < 4.78 is 5.52. The van der Waals surface area contributed by atoms with Crippen molar-refractivity contribution >= 4 is 454 Å². The van der Waals surface area contributed by atoms with E-state index in [1.54, 1.807) is 0 Å². The van der Waals surface area contributed by atoms with Gasteiger partial charge in [-0.1, -0.05) is 126 Å². The summed E-state index contributed by atoms with van der Waals surface area (Å²) in [7, 11) is 71.5. The maximum Gasteiger partial charge on any atom is 0.141 e. The summed E-state index contributed by atoms with van der Waals surface area (Å²) in [5, 5.41) is 8.41. The fraction of sp³-hybridized carbons (Fsp3) is 0. The van der Waals surface area contributed by atoms with Crippen LogP contribution in [0.4, 0.5) is 0 Å². The van der Waals surface area contributed by atoms with Crippen LogP contribution in [0.5, 0.6) is 0 Å². The van der Waals surface area contributed by atoms with Crippen LogP contribution >= 0.6 is 0 Å². The van der Waals surface area contributed by atoms with Crippen LogP contribution in [0.15, 0.2) is 0 Å². The van der Waals surface area contributed by atoms with Crippen LogP contribution in [-0.4, -0.2) is 245 Å². The van der Waals surface area contributed by atoms with Gasteiger partial charge in [0.15, 0.2) is 0 Å². The number of hydrogen-bond donors (Lipinski definition) is 0. The molecule has 10 aromatic rings. The Kier molecular flexibility index (Phi) is 13.9. The highest BCUT2D eigenvalue weighted by atomic mass is 15.0. The van der Waals surface area contributed by atoms with Gasteiger partial charge < -0.3 is 9.13 Å². The van der Waals surface area contributed by atoms with Crippen molar-refractivity contribution in [1.82, 2.24) is 9.13 Å². The van der Waals surface area contributed by atoms with Crippen molar-refractivity contribution in [3.63, 3.8) is 0 Å². The standard InChI is InChI=1S/C46H60B30N2/c47-11-1(2-12(48)8-10-23(59)28(64)31(67)38(74)44(10)78(43(8)35(71)18(2)54)46-39(75)32(68)30(66)33(69)40(46)76)17(53)34(70)42-7(11)9-21(57)13(49)5-6(22(58)27(63)24(60)16(5)52)41(9)77(42)45-36(72)19(55)4(20(56)37(45)73)3-14(50)25(61)29(65)26(62)15(3)51/h47-76H2. The third kappa shape index (κ3) is 7.13. The van der Waals surface area contributed by atoms with Crippen molar-refractivity contribution in [2.24, 2.45) is 0 Å². The molecule has 0 amide bonds. The minimum Gasteiger partial charge on any atom is -0.312 e. The summed E-state index contributed by atoms with van der Waals surface area (Å²) in [5.41, 5.74) is 55.2. The molecule has 0 atom stereocenters. The molecule has 0 saturated carbocycles. The lowest BCUT2D eigenvalue weighted by molar-refractivity contribution is 1.22. The van der Waals surface area contributed by atoms with Gasteiger partial charge in [0.1, 0.15) is 235 Å². The summed E-state index contributed by atoms with van der Waals surface area (Å²) in [6.07, 6.45) is 0. The van der Waals surface area contributed by atoms with Gasteiger partial charge in [0, 0.05) is 44.1 Å². The summed E-state index contributed by atoms with van der Waals surface area (Å²) in [6, 6.07) is 0. The second-order valence-electron chi connectivity index (χ2n) is 25.3. The summed E-state index contributed by atoms with van der Waals surface area (Å²) in [5.74, 6) is 0. The zero-order valence-electron chi connectivity index (χ0n) is 53.9. The molecule has 0 aliphatic carbocycles. The first-order valence-electron chi connectivity index (χ1n) is 29.1.